The smallest absolute Gasteiger partial charge is 0.244 e. The molecule has 1 amide bonds. The molecular weight excluding hydrogens is 430 g/mol. The fourth-order valence-corrected chi connectivity index (χ4v) is 3.25. The van der Waals surface area contributed by atoms with Gasteiger partial charge in [0.2, 0.25) is 11.7 Å². The molecule has 2 aromatic carbocycles. The second-order valence-corrected chi connectivity index (χ2v) is 7.12. The molecule has 0 fully saturated rings. The van der Waals surface area contributed by atoms with Crippen molar-refractivity contribution in [2.24, 2.45) is 5.73 Å². The number of amides is 1. The number of nitrogens with one attached hydrogen (secondary N) is 2. The highest BCUT2D eigenvalue weighted by atomic mass is 16.5. The van der Waals surface area contributed by atoms with Crippen molar-refractivity contribution >= 4 is 11.6 Å². The lowest BCUT2D eigenvalue weighted by Crippen LogP contribution is -2.43. The van der Waals surface area contributed by atoms with E-state index in [0.717, 1.165) is 0 Å². The third-order valence-electron chi connectivity index (χ3n) is 5.06. The zero-order valence-corrected chi connectivity index (χ0v) is 19.0. The molecule has 11 nitrogen and oxygen atoms in total. The van der Waals surface area contributed by atoms with Crippen molar-refractivity contribution in [1.29, 1.82) is 0 Å². The number of aromatic nitrogens is 3. The van der Waals surface area contributed by atoms with Crippen LogP contribution in [0.2, 0.25) is 0 Å². The van der Waals surface area contributed by atoms with Gasteiger partial charge in [-0.1, -0.05) is 5.21 Å². The van der Waals surface area contributed by atoms with Crippen molar-refractivity contribution in [3.63, 3.8) is 0 Å². The Morgan fingerprint density at radius 1 is 1.00 bits per heavy atom. The minimum absolute atomic E-state index is 0.376. The zero-order chi connectivity index (χ0) is 24.1. The predicted octanol–water partition coefficient (Wildman–Crippen LogP) is 1.82. The van der Waals surface area contributed by atoms with E-state index in [2.05, 4.69) is 20.7 Å². The van der Waals surface area contributed by atoms with E-state index in [1.54, 1.807) is 30.3 Å². The highest BCUT2D eigenvalue weighted by molar-refractivity contribution is 5.97. The molecule has 3 rings (SSSR count). The molecule has 0 aliphatic rings. The van der Waals surface area contributed by atoms with Crippen LogP contribution in [0.5, 0.6) is 23.0 Å². The number of hydrogen-bond donors (Lipinski definition) is 4. The molecule has 176 valence electrons. The molecule has 3 aromatic rings. The number of benzene rings is 2. The van der Waals surface area contributed by atoms with Gasteiger partial charge in [-0.25, -0.2) is 0 Å². The van der Waals surface area contributed by atoms with Crippen LogP contribution in [0.15, 0.2) is 30.3 Å². The summed E-state index contributed by atoms with van der Waals surface area (Å²) >= 11 is 0. The van der Waals surface area contributed by atoms with Gasteiger partial charge in [0.1, 0.15) is 17.5 Å². The van der Waals surface area contributed by atoms with Crippen LogP contribution in [0.1, 0.15) is 6.92 Å². The number of H-pyrrole nitrogens is 1. The Balaban J connectivity index is 2.06. The largest absolute Gasteiger partial charge is 0.495 e. The van der Waals surface area contributed by atoms with E-state index in [-0.39, 0.29) is 0 Å². The van der Waals surface area contributed by atoms with E-state index >= 15 is 0 Å². The summed E-state index contributed by atoms with van der Waals surface area (Å²) < 4.78 is 21.6. The van der Waals surface area contributed by atoms with E-state index in [4.69, 9.17) is 24.7 Å². The first-order valence-corrected chi connectivity index (χ1v) is 9.98. The first kappa shape index (κ1) is 23.8. The van der Waals surface area contributed by atoms with Crippen LogP contribution < -0.4 is 30.0 Å². The minimum Gasteiger partial charge on any atom is -0.495 e. The fourth-order valence-electron chi connectivity index (χ4n) is 3.25. The van der Waals surface area contributed by atoms with Crippen LogP contribution >= 0.6 is 0 Å². The van der Waals surface area contributed by atoms with Crippen molar-refractivity contribution in [2.45, 2.75) is 19.1 Å². The maximum absolute atomic E-state index is 12.4. The number of anilines is 1. The quantitative estimate of drug-likeness (QED) is 0.377. The van der Waals surface area contributed by atoms with Gasteiger partial charge in [0, 0.05) is 11.1 Å². The van der Waals surface area contributed by atoms with E-state index < -0.39 is 18.1 Å². The first-order valence-electron chi connectivity index (χ1n) is 9.98. The average Bonchev–Trinajstić information content (AvgIpc) is 3.32. The molecule has 11 heteroatoms. The SMILES string of the molecule is COc1ccc(-c2[nH]nnc2-c2cc(OC)c(OC)c(OC)c2)cc1NC(=O)C(N)C(C)O. The Bertz CT molecular complexity index is 1110. The average molecular weight is 457 g/mol. The topological polar surface area (TPSA) is 154 Å². The lowest BCUT2D eigenvalue weighted by molar-refractivity contribution is -0.119. The maximum atomic E-state index is 12.4. The van der Waals surface area contributed by atoms with Gasteiger partial charge >= 0.3 is 0 Å². The number of aromatic amines is 1. The van der Waals surface area contributed by atoms with E-state index in [1.165, 1.54) is 35.4 Å². The van der Waals surface area contributed by atoms with Crippen LogP contribution in [0.25, 0.3) is 22.5 Å². The number of ether oxygens (including phenoxy) is 4. The van der Waals surface area contributed by atoms with Gasteiger partial charge in [0.05, 0.1) is 45.9 Å². The number of nitrogens with two attached hydrogens (primary N) is 1. The molecule has 0 aliphatic carbocycles. The summed E-state index contributed by atoms with van der Waals surface area (Å²) in [6, 6.07) is 7.61. The van der Waals surface area contributed by atoms with Crippen molar-refractivity contribution in [1.82, 2.24) is 15.4 Å². The minimum atomic E-state index is -1.10. The molecule has 5 N–H and O–H groups in total. The normalized spacial score (nSPS) is 12.6. The lowest BCUT2D eigenvalue weighted by Gasteiger charge is -2.17. The molecule has 0 radical (unpaired) electrons. The van der Waals surface area contributed by atoms with Gasteiger partial charge in [-0.3, -0.25) is 9.89 Å². The van der Waals surface area contributed by atoms with Gasteiger partial charge in [0.25, 0.3) is 0 Å². The Kier molecular flexibility index (Phi) is 7.36. The maximum Gasteiger partial charge on any atom is 0.244 e. The third kappa shape index (κ3) is 4.83. The summed E-state index contributed by atoms with van der Waals surface area (Å²) in [7, 11) is 6.07. The van der Waals surface area contributed by atoms with Gasteiger partial charge in [0.15, 0.2) is 11.5 Å². The second-order valence-electron chi connectivity index (χ2n) is 7.12. The Morgan fingerprint density at radius 3 is 2.18 bits per heavy atom. The van der Waals surface area contributed by atoms with Crippen molar-refractivity contribution < 1.29 is 28.8 Å². The fraction of sp³-hybridized carbons (Fsp3) is 0.318. The molecule has 1 aromatic heterocycles. The monoisotopic (exact) mass is 457 g/mol. The second kappa shape index (κ2) is 10.2. The Morgan fingerprint density at radius 2 is 1.64 bits per heavy atom. The Hall–Kier alpha value is -3.83. The van der Waals surface area contributed by atoms with Gasteiger partial charge in [-0.2, -0.15) is 0 Å². The number of hydrogen-bond acceptors (Lipinski definition) is 9. The number of carbonyl (C=O) groups excluding carboxylic acids is 1. The standard InChI is InChI=1S/C22H27N5O6/c1-11(28)18(23)22(29)24-14-8-12(6-7-15(14)30-2)19-20(26-27-25-19)13-9-16(31-3)21(33-5)17(10-13)32-4/h6-11,18,28H,23H2,1-5H3,(H,24,29)(H,25,26,27). The zero-order valence-electron chi connectivity index (χ0n) is 19.0. The summed E-state index contributed by atoms with van der Waals surface area (Å²) in [5.74, 6) is 1.27. The molecular formula is C22H27N5O6. The number of rotatable bonds is 9. The molecule has 0 saturated carbocycles. The van der Waals surface area contributed by atoms with E-state index in [9.17, 15) is 9.90 Å². The van der Waals surface area contributed by atoms with Crippen molar-refractivity contribution in [3.05, 3.63) is 30.3 Å². The molecule has 0 saturated heterocycles. The van der Waals surface area contributed by atoms with Gasteiger partial charge < -0.3 is 35.1 Å². The van der Waals surface area contributed by atoms with Crippen molar-refractivity contribution in [2.75, 3.05) is 33.8 Å². The molecule has 0 spiro atoms. The summed E-state index contributed by atoms with van der Waals surface area (Å²) in [4.78, 5) is 12.4. The summed E-state index contributed by atoms with van der Waals surface area (Å²) in [6.07, 6.45) is -1.01. The van der Waals surface area contributed by atoms with Gasteiger partial charge in [-0.15, -0.1) is 5.10 Å². The number of nitrogens with zero attached hydrogens (tertiary/aromatic N) is 2. The van der Waals surface area contributed by atoms with Crippen LogP contribution in [0, 0.1) is 0 Å². The molecule has 1 heterocycles. The summed E-state index contributed by atoms with van der Waals surface area (Å²) in [5.41, 5.74) is 8.58. The van der Waals surface area contributed by atoms with Crippen LogP contribution in [-0.4, -0.2) is 67.0 Å². The number of carbonyl (C=O) groups is 1. The highest BCUT2D eigenvalue weighted by Gasteiger charge is 2.22. The number of aliphatic hydroxyl groups excluding tert-OH is 1. The highest BCUT2D eigenvalue weighted by Crippen LogP contribution is 2.42. The van der Waals surface area contributed by atoms with Crippen LogP contribution in [0.4, 0.5) is 5.69 Å². The van der Waals surface area contributed by atoms with Crippen LogP contribution in [-0.2, 0) is 4.79 Å². The van der Waals surface area contributed by atoms with E-state index in [1.807, 2.05) is 0 Å². The number of methoxy groups -OCH3 is 4. The number of aliphatic hydroxyl groups is 1. The third-order valence-corrected chi connectivity index (χ3v) is 5.06. The molecule has 0 bridgehead atoms. The Labute approximate surface area is 190 Å². The lowest BCUT2D eigenvalue weighted by atomic mass is 10.0. The first-order chi connectivity index (χ1) is 15.8. The predicted molar refractivity (Wildman–Crippen MR) is 122 cm³/mol. The molecule has 0 aliphatic heterocycles. The summed E-state index contributed by atoms with van der Waals surface area (Å²) in [5, 5.41) is 23.4. The van der Waals surface area contributed by atoms with E-state index in [0.29, 0.717) is 51.2 Å². The van der Waals surface area contributed by atoms with Crippen molar-refractivity contribution in [3.8, 4) is 45.5 Å². The summed E-state index contributed by atoms with van der Waals surface area (Å²) in [6.45, 7) is 1.44. The van der Waals surface area contributed by atoms with Gasteiger partial charge in [-0.05, 0) is 37.3 Å². The van der Waals surface area contributed by atoms with Crippen LogP contribution in [0.3, 0.4) is 0 Å². The molecule has 33 heavy (non-hydrogen) atoms. The molecule has 2 atom stereocenters. The molecule has 2 unspecified atom stereocenters.